The molecule has 0 saturated carbocycles. The van der Waals surface area contributed by atoms with E-state index in [0.29, 0.717) is 16.6 Å². The van der Waals surface area contributed by atoms with Crippen molar-refractivity contribution in [1.29, 1.82) is 0 Å². The van der Waals surface area contributed by atoms with Gasteiger partial charge in [-0.2, -0.15) is 0 Å². The molecule has 3 rings (SSSR count). The highest BCUT2D eigenvalue weighted by Crippen LogP contribution is 2.28. The van der Waals surface area contributed by atoms with Crippen LogP contribution in [-0.2, 0) is 9.47 Å². The number of ether oxygens (including phenoxy) is 2. The van der Waals surface area contributed by atoms with Crippen LogP contribution in [0.3, 0.4) is 0 Å². The van der Waals surface area contributed by atoms with E-state index < -0.39 is 6.10 Å². The number of aliphatic hydroxyl groups is 1. The van der Waals surface area contributed by atoms with Crippen LogP contribution in [0.15, 0.2) is 48.5 Å². The van der Waals surface area contributed by atoms with Crippen LogP contribution in [0.4, 0.5) is 0 Å². The van der Waals surface area contributed by atoms with Crippen LogP contribution in [0.25, 0.3) is 0 Å². The van der Waals surface area contributed by atoms with Crippen LogP contribution in [0, 0.1) is 0 Å². The number of aliphatic hydroxyl groups excluding tert-OH is 1. The Morgan fingerprint density at radius 1 is 1.04 bits per heavy atom. The van der Waals surface area contributed by atoms with Crippen molar-refractivity contribution < 1.29 is 14.6 Å². The van der Waals surface area contributed by atoms with Gasteiger partial charge in [-0.15, -0.1) is 0 Å². The lowest BCUT2D eigenvalue weighted by molar-refractivity contribution is 0.00518. The first-order valence-corrected chi connectivity index (χ1v) is 10.0. The molecule has 1 heterocycles. The number of nitrogens with one attached hydrogen (secondary N) is 1. The molecule has 1 aliphatic heterocycles. The van der Waals surface area contributed by atoms with Gasteiger partial charge in [0.1, 0.15) is 6.10 Å². The molecule has 2 atom stereocenters. The van der Waals surface area contributed by atoms with Crippen LogP contribution in [0.1, 0.15) is 30.1 Å². The first kappa shape index (κ1) is 20.6. The Bertz CT molecular complexity index is 642. The van der Waals surface area contributed by atoms with E-state index in [1.807, 2.05) is 48.5 Å². The third-order valence-electron chi connectivity index (χ3n) is 4.58. The second-order valence-corrected chi connectivity index (χ2v) is 7.64. The minimum atomic E-state index is -0.603. The molecular formula is C21H25Cl2NO3. The van der Waals surface area contributed by atoms with Crippen LogP contribution < -0.4 is 5.32 Å². The predicted octanol–water partition coefficient (Wildman–Crippen LogP) is 4.23. The monoisotopic (exact) mass is 409 g/mol. The van der Waals surface area contributed by atoms with Gasteiger partial charge in [-0.1, -0.05) is 47.5 Å². The molecule has 1 fully saturated rings. The van der Waals surface area contributed by atoms with Crippen molar-refractivity contribution in [1.82, 2.24) is 5.32 Å². The maximum atomic E-state index is 10.3. The number of rotatable bonds is 9. The van der Waals surface area contributed by atoms with Crippen molar-refractivity contribution >= 4 is 23.2 Å². The summed E-state index contributed by atoms with van der Waals surface area (Å²) in [5, 5.41) is 14.9. The summed E-state index contributed by atoms with van der Waals surface area (Å²) in [7, 11) is 0. The molecule has 2 N–H and O–H groups in total. The van der Waals surface area contributed by atoms with Gasteiger partial charge in [-0.3, -0.25) is 0 Å². The first-order valence-electron chi connectivity index (χ1n) is 9.25. The van der Waals surface area contributed by atoms with Crippen molar-refractivity contribution in [3.05, 3.63) is 69.7 Å². The number of hydrogen-bond acceptors (Lipinski definition) is 4. The van der Waals surface area contributed by atoms with Crippen LogP contribution in [-0.4, -0.2) is 43.6 Å². The first-order chi connectivity index (χ1) is 13.1. The maximum absolute atomic E-state index is 10.3. The molecule has 146 valence electrons. The smallest absolute Gasteiger partial charge is 0.108 e. The summed E-state index contributed by atoms with van der Waals surface area (Å²) < 4.78 is 11.6. The Labute approximate surface area is 170 Å². The van der Waals surface area contributed by atoms with Gasteiger partial charge in [0.05, 0.1) is 18.8 Å². The summed E-state index contributed by atoms with van der Waals surface area (Å²) >= 11 is 12.0. The van der Waals surface area contributed by atoms with E-state index in [1.165, 1.54) is 0 Å². The van der Waals surface area contributed by atoms with Gasteiger partial charge in [-0.05, 0) is 48.2 Å². The van der Waals surface area contributed by atoms with Crippen molar-refractivity contribution in [2.24, 2.45) is 0 Å². The fourth-order valence-electron chi connectivity index (χ4n) is 3.14. The van der Waals surface area contributed by atoms with Crippen molar-refractivity contribution in [2.75, 3.05) is 26.3 Å². The molecule has 0 spiro atoms. The summed E-state index contributed by atoms with van der Waals surface area (Å²) in [6.45, 7) is 2.28. The van der Waals surface area contributed by atoms with Crippen molar-refractivity contribution in [3.8, 4) is 0 Å². The molecule has 1 aliphatic rings. The SMILES string of the molecule is O[C@@H](CNC[C@H]1CCCO1)COC(c1ccc(Cl)cc1)c1ccc(Cl)cc1. The third kappa shape index (κ3) is 6.46. The Balaban J connectivity index is 1.57. The number of benzene rings is 2. The topological polar surface area (TPSA) is 50.7 Å². The molecular weight excluding hydrogens is 385 g/mol. The van der Waals surface area contributed by atoms with Gasteiger partial charge in [0.25, 0.3) is 0 Å². The lowest BCUT2D eigenvalue weighted by atomic mass is 10.0. The standard InChI is InChI=1S/C21H25Cl2NO3/c22-17-7-3-15(4-8-17)21(16-5-9-18(23)10-6-16)27-14-19(25)12-24-13-20-2-1-11-26-20/h3-10,19-21,24-25H,1-2,11-14H2/t19-,20+/m0/s1. The van der Waals surface area contributed by atoms with E-state index in [0.717, 1.165) is 37.1 Å². The molecule has 0 radical (unpaired) electrons. The highest BCUT2D eigenvalue weighted by molar-refractivity contribution is 6.30. The predicted molar refractivity (Wildman–Crippen MR) is 109 cm³/mol. The largest absolute Gasteiger partial charge is 0.389 e. The second-order valence-electron chi connectivity index (χ2n) is 6.76. The lowest BCUT2D eigenvalue weighted by Gasteiger charge is -2.22. The highest BCUT2D eigenvalue weighted by Gasteiger charge is 2.18. The zero-order valence-corrected chi connectivity index (χ0v) is 16.6. The van der Waals surface area contributed by atoms with E-state index >= 15 is 0 Å². The zero-order chi connectivity index (χ0) is 19.1. The zero-order valence-electron chi connectivity index (χ0n) is 15.1. The molecule has 1 saturated heterocycles. The molecule has 0 amide bonds. The van der Waals surface area contributed by atoms with E-state index in [-0.39, 0.29) is 18.8 Å². The Morgan fingerprint density at radius 2 is 1.63 bits per heavy atom. The number of halogens is 2. The van der Waals surface area contributed by atoms with E-state index in [1.54, 1.807) is 0 Å². The fourth-order valence-corrected chi connectivity index (χ4v) is 3.39. The van der Waals surface area contributed by atoms with Gasteiger partial charge in [0.2, 0.25) is 0 Å². The molecule has 0 bridgehead atoms. The van der Waals surface area contributed by atoms with Gasteiger partial charge in [0, 0.05) is 29.7 Å². The molecule has 0 aromatic heterocycles. The van der Waals surface area contributed by atoms with Gasteiger partial charge < -0.3 is 19.9 Å². The van der Waals surface area contributed by atoms with Crippen LogP contribution >= 0.6 is 23.2 Å². The number of hydrogen-bond donors (Lipinski definition) is 2. The molecule has 0 unspecified atom stereocenters. The molecule has 2 aromatic rings. The highest BCUT2D eigenvalue weighted by atomic mass is 35.5. The van der Waals surface area contributed by atoms with Crippen LogP contribution in [0.5, 0.6) is 0 Å². The van der Waals surface area contributed by atoms with E-state index in [4.69, 9.17) is 32.7 Å². The summed E-state index contributed by atoms with van der Waals surface area (Å²) in [6.07, 6.45) is 1.55. The summed E-state index contributed by atoms with van der Waals surface area (Å²) in [4.78, 5) is 0. The van der Waals surface area contributed by atoms with Crippen molar-refractivity contribution in [2.45, 2.75) is 31.2 Å². The van der Waals surface area contributed by atoms with E-state index in [9.17, 15) is 5.11 Å². The molecule has 2 aromatic carbocycles. The summed E-state index contributed by atoms with van der Waals surface area (Å²) in [5.74, 6) is 0. The summed E-state index contributed by atoms with van der Waals surface area (Å²) in [6, 6.07) is 15.1. The van der Waals surface area contributed by atoms with Gasteiger partial charge in [0.15, 0.2) is 0 Å². The normalized spacial score (nSPS) is 18.1. The Kier molecular flexibility index (Phi) is 7.94. The molecule has 27 heavy (non-hydrogen) atoms. The minimum absolute atomic E-state index is 0.217. The van der Waals surface area contributed by atoms with Gasteiger partial charge in [-0.25, -0.2) is 0 Å². The average Bonchev–Trinajstić information content (AvgIpc) is 3.18. The second kappa shape index (κ2) is 10.4. The fraction of sp³-hybridized carbons (Fsp3) is 0.429. The van der Waals surface area contributed by atoms with Crippen molar-refractivity contribution in [3.63, 3.8) is 0 Å². The minimum Gasteiger partial charge on any atom is -0.389 e. The molecule has 6 heteroatoms. The Morgan fingerprint density at radius 3 is 2.15 bits per heavy atom. The average molecular weight is 410 g/mol. The van der Waals surface area contributed by atoms with Crippen LogP contribution in [0.2, 0.25) is 10.0 Å². The molecule has 4 nitrogen and oxygen atoms in total. The van der Waals surface area contributed by atoms with Gasteiger partial charge >= 0.3 is 0 Å². The van der Waals surface area contributed by atoms with E-state index in [2.05, 4.69) is 5.32 Å². The summed E-state index contributed by atoms with van der Waals surface area (Å²) in [5.41, 5.74) is 1.95. The lowest BCUT2D eigenvalue weighted by Crippen LogP contribution is -2.35. The third-order valence-corrected chi connectivity index (χ3v) is 5.08. The Hall–Kier alpha value is -1.14. The quantitative estimate of drug-likeness (QED) is 0.650. The molecule has 0 aliphatic carbocycles. The maximum Gasteiger partial charge on any atom is 0.108 e.